The van der Waals surface area contributed by atoms with Crippen molar-refractivity contribution in [1.82, 2.24) is 18.8 Å². The van der Waals surface area contributed by atoms with Crippen molar-refractivity contribution < 1.29 is 8.42 Å². The number of nitrogens with one attached hydrogen (secondary N) is 1. The number of sulfonamides is 1. The minimum atomic E-state index is -3.18. The highest BCUT2D eigenvalue weighted by molar-refractivity contribution is 7.88. The molecule has 1 aromatic carbocycles. The van der Waals surface area contributed by atoms with Gasteiger partial charge in [-0.2, -0.15) is 0 Å². The van der Waals surface area contributed by atoms with Gasteiger partial charge in [-0.15, -0.1) is 0 Å². The van der Waals surface area contributed by atoms with Gasteiger partial charge in [0, 0.05) is 24.5 Å². The largest absolute Gasteiger partial charge is 0.326 e. The Morgan fingerprint density at radius 3 is 2.56 bits per heavy atom. The van der Waals surface area contributed by atoms with Crippen LogP contribution in [0.15, 0.2) is 29.1 Å². The Morgan fingerprint density at radius 2 is 1.88 bits per heavy atom. The van der Waals surface area contributed by atoms with E-state index < -0.39 is 10.0 Å². The Hall–Kier alpha value is -2.19. The topological polar surface area (TPSA) is 88.1 Å². The molecule has 1 fully saturated rings. The number of hydrogen-bond acceptors (Lipinski definition) is 4. The van der Waals surface area contributed by atoms with E-state index in [0.29, 0.717) is 25.9 Å². The van der Waals surface area contributed by atoms with Crippen LogP contribution in [0.1, 0.15) is 24.6 Å². The van der Waals surface area contributed by atoms with E-state index in [0.717, 1.165) is 27.6 Å². The van der Waals surface area contributed by atoms with E-state index >= 15 is 0 Å². The van der Waals surface area contributed by atoms with Gasteiger partial charge in [-0.1, -0.05) is 18.2 Å². The van der Waals surface area contributed by atoms with Crippen LogP contribution in [0.3, 0.4) is 0 Å². The summed E-state index contributed by atoms with van der Waals surface area (Å²) in [6.45, 7) is 2.76. The molecule has 1 N–H and O–H groups in total. The third-order valence-corrected chi connectivity index (χ3v) is 6.30. The molecule has 0 radical (unpaired) electrons. The number of rotatable bonds is 2. The molecule has 1 saturated heterocycles. The highest BCUT2D eigenvalue weighted by Gasteiger charge is 2.28. The summed E-state index contributed by atoms with van der Waals surface area (Å²) < 4.78 is 26.7. The summed E-state index contributed by atoms with van der Waals surface area (Å²) in [6.07, 6.45) is 2.47. The van der Waals surface area contributed by atoms with Gasteiger partial charge >= 0.3 is 5.69 Å². The number of nitrogens with zero attached hydrogens (tertiary/aromatic N) is 3. The van der Waals surface area contributed by atoms with Crippen LogP contribution in [0, 0.1) is 6.92 Å². The molecule has 1 aliphatic rings. The predicted octanol–water partition coefficient (Wildman–Crippen LogP) is 1.78. The lowest BCUT2D eigenvalue weighted by atomic mass is 10.1. The second kappa shape index (κ2) is 5.67. The van der Waals surface area contributed by atoms with Crippen LogP contribution in [0.4, 0.5) is 0 Å². The summed E-state index contributed by atoms with van der Waals surface area (Å²) in [6, 6.07) is 7.76. The van der Waals surface area contributed by atoms with Crippen molar-refractivity contribution in [2.45, 2.75) is 25.8 Å². The van der Waals surface area contributed by atoms with Gasteiger partial charge in [0.2, 0.25) is 10.0 Å². The third kappa shape index (κ3) is 2.65. The Labute approximate surface area is 145 Å². The number of benzene rings is 1. The van der Waals surface area contributed by atoms with Gasteiger partial charge in [0.05, 0.1) is 28.5 Å². The zero-order valence-corrected chi connectivity index (χ0v) is 15.0. The van der Waals surface area contributed by atoms with Crippen LogP contribution in [-0.4, -0.2) is 46.6 Å². The predicted molar refractivity (Wildman–Crippen MR) is 97.3 cm³/mol. The lowest BCUT2D eigenvalue weighted by molar-refractivity contribution is 0.276. The van der Waals surface area contributed by atoms with Gasteiger partial charge in [-0.05, 0) is 25.8 Å². The first kappa shape index (κ1) is 16.3. The molecule has 0 unspecified atom stereocenters. The van der Waals surface area contributed by atoms with Crippen molar-refractivity contribution in [2.75, 3.05) is 19.3 Å². The monoisotopic (exact) mass is 360 g/mol. The molecular weight excluding hydrogens is 340 g/mol. The molecule has 7 nitrogen and oxygen atoms in total. The standard InChI is InChI=1S/C17H20N4O3S/c1-11-15-16(13-5-3-4-6-14(13)18-11)21(17(22)19-15)12-7-9-20(10-8-12)25(2,23)24/h3-6,12H,7-10H2,1-2H3,(H,19,22). The average molecular weight is 360 g/mol. The molecule has 0 saturated carbocycles. The van der Waals surface area contributed by atoms with Crippen LogP contribution in [-0.2, 0) is 10.0 Å². The number of para-hydroxylation sites is 1. The number of aromatic amines is 1. The fourth-order valence-electron chi connectivity index (χ4n) is 3.76. The SMILES string of the molecule is Cc1nc2ccccc2c2c1[nH]c(=O)n2C1CCN(S(C)(=O)=O)CC1. The van der Waals surface area contributed by atoms with Crippen molar-refractivity contribution in [2.24, 2.45) is 0 Å². The number of aromatic nitrogens is 3. The van der Waals surface area contributed by atoms with Crippen LogP contribution in [0.5, 0.6) is 0 Å². The summed E-state index contributed by atoms with van der Waals surface area (Å²) in [7, 11) is -3.18. The molecular formula is C17H20N4O3S. The summed E-state index contributed by atoms with van der Waals surface area (Å²) in [5.74, 6) is 0. The van der Waals surface area contributed by atoms with Crippen LogP contribution >= 0.6 is 0 Å². The lowest BCUT2D eigenvalue weighted by Gasteiger charge is -2.30. The lowest BCUT2D eigenvalue weighted by Crippen LogP contribution is -2.39. The van der Waals surface area contributed by atoms with Gasteiger partial charge in [-0.3, -0.25) is 9.55 Å². The number of fused-ring (bicyclic) bond motifs is 3. The van der Waals surface area contributed by atoms with Gasteiger partial charge in [0.1, 0.15) is 0 Å². The molecule has 3 aromatic rings. The van der Waals surface area contributed by atoms with Crippen molar-refractivity contribution >= 4 is 32.0 Å². The van der Waals surface area contributed by atoms with Gasteiger partial charge in [-0.25, -0.2) is 17.5 Å². The first-order valence-electron chi connectivity index (χ1n) is 8.31. The molecule has 3 heterocycles. The highest BCUT2D eigenvalue weighted by Crippen LogP contribution is 2.30. The maximum atomic E-state index is 12.7. The Balaban J connectivity index is 1.86. The third-order valence-electron chi connectivity index (χ3n) is 5.00. The van der Waals surface area contributed by atoms with Crippen molar-refractivity contribution in [3.63, 3.8) is 0 Å². The first-order chi connectivity index (χ1) is 11.9. The minimum Gasteiger partial charge on any atom is -0.304 e. The normalized spacial score (nSPS) is 17.5. The Morgan fingerprint density at radius 1 is 1.20 bits per heavy atom. The molecule has 0 aliphatic carbocycles. The summed E-state index contributed by atoms with van der Waals surface area (Å²) >= 11 is 0. The van der Waals surface area contributed by atoms with Crippen LogP contribution < -0.4 is 5.69 Å². The smallest absolute Gasteiger partial charge is 0.304 e. The number of imidazole rings is 1. The molecule has 25 heavy (non-hydrogen) atoms. The molecule has 1 aliphatic heterocycles. The molecule has 2 aromatic heterocycles. The van der Waals surface area contributed by atoms with Crippen LogP contribution in [0.2, 0.25) is 0 Å². The van der Waals surface area contributed by atoms with E-state index in [2.05, 4.69) is 9.97 Å². The molecule has 0 bridgehead atoms. The zero-order chi connectivity index (χ0) is 17.8. The second-order valence-electron chi connectivity index (χ2n) is 6.63. The Bertz CT molecular complexity index is 1120. The first-order valence-corrected chi connectivity index (χ1v) is 10.2. The Kier molecular flexibility index (Phi) is 3.69. The molecule has 0 amide bonds. The van der Waals surface area contributed by atoms with Crippen LogP contribution in [0.25, 0.3) is 21.9 Å². The minimum absolute atomic E-state index is 0.0237. The van der Waals surface area contributed by atoms with Gasteiger partial charge < -0.3 is 4.98 Å². The summed E-state index contributed by atoms with van der Waals surface area (Å²) in [5.41, 5.74) is 3.11. The van der Waals surface area contributed by atoms with E-state index in [-0.39, 0.29) is 11.7 Å². The zero-order valence-electron chi connectivity index (χ0n) is 14.2. The van der Waals surface area contributed by atoms with Crippen molar-refractivity contribution in [3.8, 4) is 0 Å². The van der Waals surface area contributed by atoms with E-state index in [1.165, 1.54) is 10.6 Å². The fourth-order valence-corrected chi connectivity index (χ4v) is 4.64. The summed E-state index contributed by atoms with van der Waals surface area (Å²) in [4.78, 5) is 20.2. The van der Waals surface area contributed by atoms with Crippen molar-refractivity contribution in [3.05, 3.63) is 40.4 Å². The molecule has 8 heteroatoms. The van der Waals surface area contributed by atoms with Gasteiger partial charge in [0.25, 0.3) is 0 Å². The van der Waals surface area contributed by atoms with Crippen molar-refractivity contribution in [1.29, 1.82) is 0 Å². The number of piperidine rings is 1. The second-order valence-corrected chi connectivity index (χ2v) is 8.61. The number of H-pyrrole nitrogens is 1. The molecule has 0 spiro atoms. The number of aryl methyl sites for hydroxylation is 1. The number of hydrogen-bond donors (Lipinski definition) is 1. The molecule has 132 valence electrons. The summed E-state index contributed by atoms with van der Waals surface area (Å²) in [5, 5.41) is 0.937. The van der Waals surface area contributed by atoms with E-state index in [1.807, 2.05) is 31.2 Å². The maximum Gasteiger partial charge on any atom is 0.326 e. The average Bonchev–Trinajstić information content (AvgIpc) is 2.92. The quantitative estimate of drug-likeness (QED) is 0.754. The molecule has 0 atom stereocenters. The highest BCUT2D eigenvalue weighted by atomic mass is 32.2. The fraction of sp³-hybridized carbons (Fsp3) is 0.412. The maximum absolute atomic E-state index is 12.7. The van der Waals surface area contributed by atoms with E-state index in [4.69, 9.17) is 0 Å². The van der Waals surface area contributed by atoms with E-state index in [1.54, 1.807) is 4.57 Å². The number of pyridine rings is 1. The van der Waals surface area contributed by atoms with Gasteiger partial charge in [0.15, 0.2) is 0 Å². The van der Waals surface area contributed by atoms with E-state index in [9.17, 15) is 13.2 Å². The molecule has 4 rings (SSSR count).